The van der Waals surface area contributed by atoms with Gasteiger partial charge in [-0.2, -0.15) is 0 Å². The van der Waals surface area contributed by atoms with Gasteiger partial charge in [-0.25, -0.2) is 0 Å². The first kappa shape index (κ1) is 20.8. The summed E-state index contributed by atoms with van der Waals surface area (Å²) in [6.45, 7) is 4.69. The van der Waals surface area contributed by atoms with Gasteiger partial charge in [0.2, 0.25) is 5.91 Å². The van der Waals surface area contributed by atoms with E-state index in [4.69, 9.17) is 0 Å². The monoisotopic (exact) mass is 372 g/mol. The Labute approximate surface area is 150 Å². The third-order valence-corrected chi connectivity index (χ3v) is 6.77. The Morgan fingerprint density at radius 3 is 2.58 bits per heavy atom. The number of amides is 3. The molecule has 0 aromatic rings. The molecule has 0 saturated heterocycles. The smallest absolute Gasteiger partial charge is 0.253 e. The lowest BCUT2D eigenvalue weighted by atomic mass is 10.1. The van der Waals surface area contributed by atoms with Crippen LogP contribution in [0.2, 0.25) is 0 Å². The number of hydrogen-bond acceptors (Lipinski definition) is 6. The number of carbonyl (C=O) groups is 4. The number of nitrogens with zero attached hydrogens (tertiary/aromatic N) is 1. The molecule has 0 aromatic heterocycles. The Balaban J connectivity index is 2.05. The van der Waals surface area contributed by atoms with Crippen molar-refractivity contribution < 1.29 is 19.2 Å². The van der Waals surface area contributed by atoms with Crippen LogP contribution < -0.4 is 5.32 Å². The Bertz CT molecular complexity index is 488. The van der Waals surface area contributed by atoms with Crippen LogP contribution in [0.4, 0.5) is 0 Å². The summed E-state index contributed by atoms with van der Waals surface area (Å²) in [4.78, 5) is 45.9. The van der Waals surface area contributed by atoms with Gasteiger partial charge >= 0.3 is 0 Å². The Hall–Kier alpha value is -1.28. The molecule has 1 rings (SSSR count). The van der Waals surface area contributed by atoms with Gasteiger partial charge in [-0.1, -0.05) is 21.6 Å². The van der Waals surface area contributed by atoms with Crippen molar-refractivity contribution in [2.24, 2.45) is 0 Å². The van der Waals surface area contributed by atoms with Crippen LogP contribution in [0.15, 0.2) is 12.2 Å². The fraction of sp³-hybridized carbons (Fsp3) is 0.625. The molecule has 0 fully saturated rings. The van der Waals surface area contributed by atoms with Crippen molar-refractivity contribution in [3.8, 4) is 0 Å². The summed E-state index contributed by atoms with van der Waals surface area (Å²) in [6.07, 6.45) is 6.00. The highest BCUT2D eigenvalue weighted by Crippen LogP contribution is 2.38. The Morgan fingerprint density at radius 1 is 1.29 bits per heavy atom. The second kappa shape index (κ2) is 10.6. The largest absolute Gasteiger partial charge is 0.354 e. The minimum absolute atomic E-state index is 0.0523. The highest BCUT2D eigenvalue weighted by molar-refractivity contribution is 8.77. The van der Waals surface area contributed by atoms with E-state index in [-0.39, 0.29) is 35.6 Å². The fourth-order valence-corrected chi connectivity index (χ4v) is 4.66. The first-order valence-corrected chi connectivity index (χ1v) is 10.2. The van der Waals surface area contributed by atoms with E-state index in [1.54, 1.807) is 21.6 Å². The van der Waals surface area contributed by atoms with Crippen molar-refractivity contribution in [2.45, 2.75) is 44.3 Å². The van der Waals surface area contributed by atoms with E-state index < -0.39 is 0 Å². The molecule has 1 aliphatic rings. The van der Waals surface area contributed by atoms with E-state index in [2.05, 4.69) is 19.2 Å². The SMILES string of the molecule is CC(C)(CCC=O)SSCCCC(=O)NCCN1C(=O)C=CC1=O. The highest BCUT2D eigenvalue weighted by Gasteiger charge is 2.22. The Morgan fingerprint density at radius 2 is 1.96 bits per heavy atom. The standard InChI is InChI=1S/C16H24N2O4S2/c1-16(2,8-4-11-19)24-23-12-3-5-13(20)17-9-10-18-14(21)6-7-15(18)22/h6-7,11H,3-5,8-10,12H2,1-2H3,(H,17,20). The molecule has 0 saturated carbocycles. The van der Waals surface area contributed by atoms with E-state index in [1.165, 1.54) is 12.2 Å². The van der Waals surface area contributed by atoms with E-state index in [0.717, 1.165) is 29.8 Å². The molecule has 1 aliphatic heterocycles. The van der Waals surface area contributed by atoms with Gasteiger partial charge in [0, 0.05) is 48.6 Å². The van der Waals surface area contributed by atoms with Crippen molar-refractivity contribution in [1.29, 1.82) is 0 Å². The number of aldehydes is 1. The number of rotatable bonds is 12. The number of nitrogens with one attached hydrogen (secondary N) is 1. The van der Waals surface area contributed by atoms with Crippen molar-refractivity contribution in [3.05, 3.63) is 12.2 Å². The quantitative estimate of drug-likeness (QED) is 0.244. The molecule has 0 spiro atoms. The summed E-state index contributed by atoms with van der Waals surface area (Å²) in [6, 6.07) is 0. The molecule has 0 bridgehead atoms. The van der Waals surface area contributed by atoms with E-state index in [9.17, 15) is 19.2 Å². The molecule has 8 heteroatoms. The highest BCUT2D eigenvalue weighted by atomic mass is 33.1. The summed E-state index contributed by atoms with van der Waals surface area (Å²) < 4.78 is 0.0523. The zero-order valence-corrected chi connectivity index (χ0v) is 15.7. The molecule has 3 amide bonds. The van der Waals surface area contributed by atoms with E-state index >= 15 is 0 Å². The van der Waals surface area contributed by atoms with Crippen LogP contribution in [0.1, 0.15) is 39.5 Å². The summed E-state index contributed by atoms with van der Waals surface area (Å²) >= 11 is 0. The van der Waals surface area contributed by atoms with Crippen LogP contribution in [0.25, 0.3) is 0 Å². The van der Waals surface area contributed by atoms with Crippen LogP contribution in [0.3, 0.4) is 0 Å². The van der Waals surface area contributed by atoms with Crippen molar-refractivity contribution in [3.63, 3.8) is 0 Å². The van der Waals surface area contributed by atoms with Crippen LogP contribution in [-0.4, -0.2) is 52.5 Å². The van der Waals surface area contributed by atoms with Crippen molar-refractivity contribution in [1.82, 2.24) is 10.2 Å². The van der Waals surface area contributed by atoms with Crippen molar-refractivity contribution in [2.75, 3.05) is 18.8 Å². The summed E-state index contributed by atoms with van der Waals surface area (Å²) in [5.74, 6) is 0.114. The van der Waals surface area contributed by atoms with Crippen molar-refractivity contribution >= 4 is 45.6 Å². The van der Waals surface area contributed by atoms with E-state index in [0.29, 0.717) is 12.8 Å². The molecular formula is C16H24N2O4S2. The topological polar surface area (TPSA) is 83.6 Å². The average Bonchev–Trinajstić information content (AvgIpc) is 2.84. The zero-order chi connectivity index (χ0) is 18.0. The molecular weight excluding hydrogens is 348 g/mol. The molecule has 0 unspecified atom stereocenters. The zero-order valence-electron chi connectivity index (χ0n) is 14.1. The molecule has 1 N–H and O–H groups in total. The summed E-state index contributed by atoms with van der Waals surface area (Å²) in [7, 11) is 3.46. The van der Waals surface area contributed by atoms with Crippen LogP contribution >= 0.6 is 21.6 Å². The number of hydrogen-bond donors (Lipinski definition) is 1. The lowest BCUT2D eigenvalue weighted by Gasteiger charge is -2.21. The fourth-order valence-electron chi connectivity index (χ4n) is 1.99. The molecule has 0 aromatic carbocycles. The minimum Gasteiger partial charge on any atom is -0.354 e. The second-order valence-electron chi connectivity index (χ2n) is 5.99. The maximum Gasteiger partial charge on any atom is 0.253 e. The lowest BCUT2D eigenvalue weighted by molar-refractivity contribution is -0.137. The molecule has 1 heterocycles. The van der Waals surface area contributed by atoms with Gasteiger partial charge in [-0.05, 0) is 26.7 Å². The third-order valence-electron chi connectivity index (χ3n) is 3.34. The molecule has 24 heavy (non-hydrogen) atoms. The van der Waals surface area contributed by atoms with E-state index in [1.807, 2.05) is 0 Å². The van der Waals surface area contributed by atoms with Crippen LogP contribution in [0.5, 0.6) is 0 Å². The van der Waals surface area contributed by atoms with Crippen LogP contribution in [-0.2, 0) is 19.2 Å². The van der Waals surface area contributed by atoms with Crippen LogP contribution in [0, 0.1) is 0 Å². The molecule has 134 valence electrons. The first-order valence-electron chi connectivity index (χ1n) is 7.90. The lowest BCUT2D eigenvalue weighted by Crippen LogP contribution is -2.38. The van der Waals surface area contributed by atoms with Gasteiger partial charge in [0.05, 0.1) is 0 Å². The Kier molecular flexibility index (Phi) is 9.13. The molecule has 6 nitrogen and oxygen atoms in total. The molecule has 0 atom stereocenters. The first-order chi connectivity index (χ1) is 11.4. The van der Waals surface area contributed by atoms with Gasteiger partial charge < -0.3 is 10.1 Å². The predicted octanol–water partition coefficient (Wildman–Crippen LogP) is 1.95. The maximum atomic E-state index is 11.7. The predicted molar refractivity (Wildman–Crippen MR) is 97.5 cm³/mol. The number of carbonyl (C=O) groups excluding carboxylic acids is 4. The minimum atomic E-state index is -0.333. The molecule has 0 radical (unpaired) electrons. The van der Waals surface area contributed by atoms with Gasteiger partial charge in [0.15, 0.2) is 0 Å². The van der Waals surface area contributed by atoms with Gasteiger partial charge in [0.1, 0.15) is 6.29 Å². The maximum absolute atomic E-state index is 11.7. The molecule has 0 aliphatic carbocycles. The summed E-state index contributed by atoms with van der Waals surface area (Å²) in [5, 5.41) is 2.72. The summed E-state index contributed by atoms with van der Waals surface area (Å²) in [5.41, 5.74) is 0. The average molecular weight is 373 g/mol. The van der Waals surface area contributed by atoms with Gasteiger partial charge in [-0.3, -0.25) is 19.3 Å². The van der Waals surface area contributed by atoms with Gasteiger partial charge in [-0.15, -0.1) is 0 Å². The number of imide groups is 1. The third kappa shape index (κ3) is 8.01. The second-order valence-corrected chi connectivity index (χ2v) is 9.11. The normalized spacial score (nSPS) is 14.3. The van der Waals surface area contributed by atoms with Gasteiger partial charge in [0.25, 0.3) is 11.8 Å².